The Morgan fingerprint density at radius 1 is 1.04 bits per heavy atom. The van der Waals surface area contributed by atoms with Crippen molar-refractivity contribution in [2.45, 2.75) is 19.4 Å². The van der Waals surface area contributed by atoms with Crippen molar-refractivity contribution in [1.82, 2.24) is 5.32 Å². The second-order valence-corrected chi connectivity index (χ2v) is 5.03. The Morgan fingerprint density at radius 2 is 1.65 bits per heavy atom. The van der Waals surface area contributed by atoms with E-state index in [0.717, 1.165) is 17.7 Å². The molecule has 0 bridgehead atoms. The molecule has 0 aromatic heterocycles. The average Bonchev–Trinajstić information content (AvgIpc) is 2.64. The molecule has 140 valence electrons. The molecule has 1 aromatic carbocycles. The first-order valence-electron chi connectivity index (χ1n) is 7.89. The minimum absolute atomic E-state index is 0.178. The average molecular weight is 363 g/mol. The topological polar surface area (TPSA) is 108 Å². The van der Waals surface area contributed by atoms with Crippen LogP contribution in [0.5, 0.6) is 0 Å². The molecule has 1 rings (SSSR count). The third-order valence-electron chi connectivity index (χ3n) is 3.09. The summed E-state index contributed by atoms with van der Waals surface area (Å²) in [4.78, 5) is 46.2. The van der Waals surface area contributed by atoms with E-state index in [9.17, 15) is 19.2 Å². The third-order valence-corrected chi connectivity index (χ3v) is 3.09. The van der Waals surface area contributed by atoms with E-state index in [1.165, 1.54) is 7.11 Å². The van der Waals surface area contributed by atoms with E-state index in [1.807, 2.05) is 30.3 Å². The summed E-state index contributed by atoms with van der Waals surface area (Å²) in [7, 11) is 1.21. The van der Waals surface area contributed by atoms with Crippen molar-refractivity contribution >= 4 is 23.8 Å². The van der Waals surface area contributed by atoms with Gasteiger partial charge >= 0.3 is 17.9 Å². The molecule has 26 heavy (non-hydrogen) atoms. The van der Waals surface area contributed by atoms with Crippen LogP contribution >= 0.6 is 0 Å². The fourth-order valence-corrected chi connectivity index (χ4v) is 1.93. The number of nitrogens with one attached hydrogen (secondary N) is 1. The zero-order chi connectivity index (χ0) is 19.4. The molecule has 0 saturated carbocycles. The zero-order valence-corrected chi connectivity index (χ0v) is 14.6. The van der Waals surface area contributed by atoms with E-state index in [2.05, 4.69) is 14.8 Å². The van der Waals surface area contributed by atoms with Gasteiger partial charge in [-0.3, -0.25) is 4.79 Å². The summed E-state index contributed by atoms with van der Waals surface area (Å²) in [5.74, 6) is -2.86. The lowest BCUT2D eigenvalue weighted by Gasteiger charge is -2.16. The normalized spacial score (nSPS) is 11.5. The summed E-state index contributed by atoms with van der Waals surface area (Å²) in [5.41, 5.74) is 0.831. The minimum Gasteiger partial charge on any atom is -0.467 e. The molecule has 1 N–H and O–H groups in total. The number of hydrogen-bond donors (Lipinski definition) is 1. The first-order valence-corrected chi connectivity index (χ1v) is 7.89. The van der Waals surface area contributed by atoms with Crippen LogP contribution in [0.15, 0.2) is 42.5 Å². The smallest absolute Gasteiger partial charge is 0.331 e. The lowest BCUT2D eigenvalue weighted by atomic mass is 10.1. The van der Waals surface area contributed by atoms with Crippen molar-refractivity contribution in [1.29, 1.82) is 0 Å². The highest BCUT2D eigenvalue weighted by atomic mass is 16.5. The SMILES string of the molecule is CCOC(=O)/C=C/C(=O)OCC(=O)N[C@H](Cc1ccccc1)C(=O)OC. The number of benzene rings is 1. The maximum atomic E-state index is 11.9. The van der Waals surface area contributed by atoms with E-state index in [4.69, 9.17) is 4.74 Å². The maximum Gasteiger partial charge on any atom is 0.331 e. The third kappa shape index (κ3) is 8.09. The van der Waals surface area contributed by atoms with Crippen molar-refractivity contribution in [2.75, 3.05) is 20.3 Å². The lowest BCUT2D eigenvalue weighted by molar-refractivity contribution is -0.148. The zero-order valence-electron chi connectivity index (χ0n) is 14.6. The van der Waals surface area contributed by atoms with Gasteiger partial charge in [-0.2, -0.15) is 0 Å². The number of rotatable bonds is 9. The molecule has 1 amide bonds. The van der Waals surface area contributed by atoms with Crippen molar-refractivity contribution in [3.8, 4) is 0 Å². The number of ether oxygens (including phenoxy) is 3. The van der Waals surface area contributed by atoms with Gasteiger partial charge in [0.25, 0.3) is 5.91 Å². The largest absolute Gasteiger partial charge is 0.467 e. The Bertz CT molecular complexity index is 655. The first-order chi connectivity index (χ1) is 12.5. The Labute approximate surface area is 151 Å². The summed E-state index contributed by atoms with van der Waals surface area (Å²) in [6.07, 6.45) is 1.99. The summed E-state index contributed by atoms with van der Waals surface area (Å²) in [6, 6.07) is 8.15. The Morgan fingerprint density at radius 3 is 2.23 bits per heavy atom. The number of amides is 1. The molecule has 0 fully saturated rings. The van der Waals surface area contributed by atoms with Crippen LogP contribution in [0.25, 0.3) is 0 Å². The van der Waals surface area contributed by atoms with Crippen molar-refractivity contribution in [3.63, 3.8) is 0 Å². The van der Waals surface area contributed by atoms with Gasteiger partial charge in [0, 0.05) is 18.6 Å². The van der Waals surface area contributed by atoms with Crippen molar-refractivity contribution < 1.29 is 33.4 Å². The van der Waals surface area contributed by atoms with Crippen LogP contribution in [0.4, 0.5) is 0 Å². The van der Waals surface area contributed by atoms with Gasteiger partial charge in [0.1, 0.15) is 6.04 Å². The Kier molecular flexibility index (Phi) is 9.16. The molecule has 1 aromatic rings. The number of methoxy groups -OCH3 is 1. The number of esters is 3. The second-order valence-electron chi connectivity index (χ2n) is 5.03. The molecule has 0 unspecified atom stereocenters. The van der Waals surface area contributed by atoms with Crippen LogP contribution in [0.2, 0.25) is 0 Å². The van der Waals surface area contributed by atoms with Crippen LogP contribution < -0.4 is 5.32 Å². The van der Waals surface area contributed by atoms with Gasteiger partial charge in [-0.15, -0.1) is 0 Å². The predicted molar refractivity (Wildman–Crippen MR) is 90.8 cm³/mol. The second kappa shape index (κ2) is 11.4. The van der Waals surface area contributed by atoms with Crippen molar-refractivity contribution in [2.24, 2.45) is 0 Å². The summed E-state index contributed by atoms with van der Waals surface area (Å²) in [5, 5.41) is 2.45. The van der Waals surface area contributed by atoms with E-state index in [1.54, 1.807) is 6.92 Å². The number of carbonyl (C=O) groups excluding carboxylic acids is 4. The lowest BCUT2D eigenvalue weighted by Crippen LogP contribution is -2.44. The fraction of sp³-hybridized carbons (Fsp3) is 0.333. The quantitative estimate of drug-likeness (QED) is 0.388. The molecular weight excluding hydrogens is 342 g/mol. The molecule has 8 heteroatoms. The van der Waals surface area contributed by atoms with Gasteiger partial charge in [-0.25, -0.2) is 14.4 Å². The van der Waals surface area contributed by atoms with E-state index in [0.29, 0.717) is 0 Å². The maximum absolute atomic E-state index is 11.9. The Hall–Kier alpha value is -3.16. The van der Waals surface area contributed by atoms with Gasteiger partial charge in [-0.05, 0) is 12.5 Å². The summed E-state index contributed by atoms with van der Waals surface area (Å²) >= 11 is 0. The molecule has 0 aliphatic heterocycles. The van der Waals surface area contributed by atoms with E-state index >= 15 is 0 Å². The van der Waals surface area contributed by atoms with Crippen LogP contribution in [0.3, 0.4) is 0 Å². The molecule has 0 aliphatic carbocycles. The van der Waals surface area contributed by atoms with Gasteiger partial charge in [0.15, 0.2) is 6.61 Å². The molecule has 0 spiro atoms. The molecule has 0 radical (unpaired) electrons. The predicted octanol–water partition coefficient (Wildman–Crippen LogP) is 0.549. The summed E-state index contributed by atoms with van der Waals surface area (Å²) < 4.78 is 14.0. The molecule has 0 saturated heterocycles. The van der Waals surface area contributed by atoms with Gasteiger partial charge in [0.05, 0.1) is 13.7 Å². The monoisotopic (exact) mass is 363 g/mol. The highest BCUT2D eigenvalue weighted by Crippen LogP contribution is 2.04. The van der Waals surface area contributed by atoms with Gasteiger partial charge in [0.2, 0.25) is 0 Å². The van der Waals surface area contributed by atoms with Gasteiger partial charge < -0.3 is 19.5 Å². The number of hydrogen-bond acceptors (Lipinski definition) is 7. The van der Waals surface area contributed by atoms with Gasteiger partial charge in [-0.1, -0.05) is 30.3 Å². The van der Waals surface area contributed by atoms with Crippen LogP contribution in [0.1, 0.15) is 12.5 Å². The van der Waals surface area contributed by atoms with E-state index in [-0.39, 0.29) is 13.0 Å². The van der Waals surface area contributed by atoms with Crippen LogP contribution in [-0.4, -0.2) is 50.2 Å². The standard InChI is InChI=1S/C18H21NO7/c1-3-25-16(21)9-10-17(22)26-12-15(20)19-14(18(23)24-2)11-13-7-5-4-6-8-13/h4-10,14H,3,11-12H2,1-2H3,(H,19,20)/b10-9+/t14-/m1/s1. The van der Waals surface area contributed by atoms with E-state index < -0.39 is 36.5 Å². The fourth-order valence-electron chi connectivity index (χ4n) is 1.93. The Balaban J connectivity index is 2.52. The summed E-state index contributed by atoms with van der Waals surface area (Å²) in [6.45, 7) is 1.20. The van der Waals surface area contributed by atoms with Crippen molar-refractivity contribution in [3.05, 3.63) is 48.0 Å². The molecule has 1 atom stereocenters. The van der Waals surface area contributed by atoms with Crippen LogP contribution in [-0.2, 0) is 39.8 Å². The number of carbonyl (C=O) groups is 4. The highest BCUT2D eigenvalue weighted by Gasteiger charge is 2.22. The molecule has 8 nitrogen and oxygen atoms in total. The molecular formula is C18H21NO7. The molecule has 0 heterocycles. The first kappa shape index (κ1) is 20.9. The molecule has 0 aliphatic rings. The van der Waals surface area contributed by atoms with Crippen LogP contribution in [0, 0.1) is 0 Å². The highest BCUT2D eigenvalue weighted by molar-refractivity contribution is 5.93. The minimum atomic E-state index is -0.913.